The molecule has 19 heavy (non-hydrogen) atoms. The molecular formula is C14H23BrCl2N2. The van der Waals surface area contributed by atoms with Gasteiger partial charge in [0.05, 0.1) is 0 Å². The molecule has 0 saturated carbocycles. The summed E-state index contributed by atoms with van der Waals surface area (Å²) in [5.41, 5.74) is 2.75. The first-order valence-corrected chi connectivity index (χ1v) is 7.22. The Kier molecular flexibility index (Phi) is 9.29. The van der Waals surface area contributed by atoms with Crippen LogP contribution in [0.3, 0.4) is 0 Å². The highest BCUT2D eigenvalue weighted by molar-refractivity contribution is 9.10. The molecule has 1 aliphatic heterocycles. The topological polar surface area (TPSA) is 15.3 Å². The normalized spacial score (nSPS) is 17.2. The van der Waals surface area contributed by atoms with Gasteiger partial charge < -0.3 is 5.32 Å². The van der Waals surface area contributed by atoms with Crippen molar-refractivity contribution in [2.45, 2.75) is 26.3 Å². The van der Waals surface area contributed by atoms with E-state index in [1.165, 1.54) is 22.0 Å². The van der Waals surface area contributed by atoms with E-state index in [1.54, 1.807) is 0 Å². The highest BCUT2D eigenvalue weighted by atomic mass is 79.9. The minimum atomic E-state index is 0. The van der Waals surface area contributed by atoms with Gasteiger partial charge in [-0.25, -0.2) is 0 Å². The molecule has 1 aliphatic rings. The summed E-state index contributed by atoms with van der Waals surface area (Å²) in [5.74, 6) is 0. The summed E-state index contributed by atoms with van der Waals surface area (Å²) in [4.78, 5) is 2.59. The first kappa shape index (κ1) is 19.2. The predicted octanol–water partition coefficient (Wildman–Crippen LogP) is 3.96. The number of halogens is 3. The van der Waals surface area contributed by atoms with Gasteiger partial charge in [-0.3, -0.25) is 4.90 Å². The molecule has 2 nitrogen and oxygen atoms in total. The van der Waals surface area contributed by atoms with Crippen molar-refractivity contribution in [3.8, 4) is 0 Å². The standard InChI is InChI=1S/C14H21BrN2.2ClH/c1-3-14(17-8-6-16-7-9-17)12-5-4-11(2)10-13(12)15;;/h4-5,10,14,16H,3,6-9H2,1-2H3;2*1H/t14-;;/m0../s1. The molecule has 1 saturated heterocycles. The van der Waals surface area contributed by atoms with Crippen LogP contribution in [-0.4, -0.2) is 31.1 Å². The van der Waals surface area contributed by atoms with Crippen molar-refractivity contribution in [3.63, 3.8) is 0 Å². The van der Waals surface area contributed by atoms with E-state index in [4.69, 9.17) is 0 Å². The minimum absolute atomic E-state index is 0. The van der Waals surface area contributed by atoms with Gasteiger partial charge in [-0.05, 0) is 30.5 Å². The summed E-state index contributed by atoms with van der Waals surface area (Å²) in [5, 5.41) is 3.42. The average molecular weight is 370 g/mol. The van der Waals surface area contributed by atoms with Crippen molar-refractivity contribution in [2.24, 2.45) is 0 Å². The lowest BCUT2D eigenvalue weighted by Crippen LogP contribution is -2.45. The Balaban J connectivity index is 0.00000162. The summed E-state index contributed by atoms with van der Waals surface area (Å²) in [6, 6.07) is 7.26. The zero-order valence-electron chi connectivity index (χ0n) is 11.5. The molecule has 0 spiro atoms. The monoisotopic (exact) mass is 368 g/mol. The van der Waals surface area contributed by atoms with Gasteiger partial charge in [0, 0.05) is 36.7 Å². The van der Waals surface area contributed by atoms with Gasteiger partial charge in [0.25, 0.3) is 0 Å². The average Bonchev–Trinajstić information content (AvgIpc) is 2.34. The number of hydrogen-bond acceptors (Lipinski definition) is 2. The Labute approximate surface area is 137 Å². The van der Waals surface area contributed by atoms with Crippen LogP contribution in [0.2, 0.25) is 0 Å². The molecule has 0 unspecified atom stereocenters. The van der Waals surface area contributed by atoms with E-state index in [2.05, 4.69) is 58.2 Å². The fourth-order valence-electron chi connectivity index (χ4n) is 2.57. The van der Waals surface area contributed by atoms with E-state index in [9.17, 15) is 0 Å². The Bertz CT molecular complexity index is 382. The van der Waals surface area contributed by atoms with Crippen LogP contribution in [0.1, 0.15) is 30.5 Å². The maximum atomic E-state index is 3.71. The zero-order valence-corrected chi connectivity index (χ0v) is 14.7. The molecule has 1 fully saturated rings. The molecule has 110 valence electrons. The molecule has 0 radical (unpaired) electrons. The van der Waals surface area contributed by atoms with Crippen LogP contribution in [0.25, 0.3) is 0 Å². The van der Waals surface area contributed by atoms with Gasteiger partial charge in [0.15, 0.2) is 0 Å². The fraction of sp³-hybridized carbons (Fsp3) is 0.571. The largest absolute Gasteiger partial charge is 0.314 e. The van der Waals surface area contributed by atoms with Crippen LogP contribution >= 0.6 is 40.7 Å². The highest BCUT2D eigenvalue weighted by Crippen LogP contribution is 2.31. The van der Waals surface area contributed by atoms with Crippen LogP contribution in [-0.2, 0) is 0 Å². The molecule has 1 N–H and O–H groups in total. The fourth-order valence-corrected chi connectivity index (χ4v) is 3.33. The van der Waals surface area contributed by atoms with Crippen molar-refractivity contribution in [1.29, 1.82) is 0 Å². The quantitative estimate of drug-likeness (QED) is 0.867. The molecule has 0 aliphatic carbocycles. The van der Waals surface area contributed by atoms with Crippen molar-refractivity contribution in [1.82, 2.24) is 10.2 Å². The molecule has 0 amide bonds. The number of benzene rings is 1. The second kappa shape index (κ2) is 9.19. The van der Waals surface area contributed by atoms with Gasteiger partial charge in [0.2, 0.25) is 0 Å². The van der Waals surface area contributed by atoms with Crippen LogP contribution < -0.4 is 5.32 Å². The SMILES string of the molecule is CC[C@@H](c1ccc(C)cc1Br)N1CCNCC1.Cl.Cl. The summed E-state index contributed by atoms with van der Waals surface area (Å²) in [6.07, 6.45) is 1.17. The lowest BCUT2D eigenvalue weighted by atomic mass is 10.0. The summed E-state index contributed by atoms with van der Waals surface area (Å²) in [7, 11) is 0. The predicted molar refractivity (Wildman–Crippen MR) is 90.8 cm³/mol. The second-order valence-corrected chi connectivity index (χ2v) is 5.59. The van der Waals surface area contributed by atoms with Crippen LogP contribution in [0.4, 0.5) is 0 Å². The van der Waals surface area contributed by atoms with E-state index >= 15 is 0 Å². The molecule has 2 rings (SSSR count). The lowest BCUT2D eigenvalue weighted by molar-refractivity contribution is 0.169. The maximum absolute atomic E-state index is 3.71. The molecule has 1 aromatic rings. The van der Waals surface area contributed by atoms with E-state index in [0.29, 0.717) is 6.04 Å². The van der Waals surface area contributed by atoms with E-state index in [0.717, 1.165) is 26.2 Å². The third-order valence-corrected chi connectivity index (χ3v) is 4.18. The third kappa shape index (κ3) is 4.91. The van der Waals surface area contributed by atoms with E-state index in [-0.39, 0.29) is 24.8 Å². The highest BCUT2D eigenvalue weighted by Gasteiger charge is 2.21. The van der Waals surface area contributed by atoms with Crippen molar-refractivity contribution in [2.75, 3.05) is 26.2 Å². The Morgan fingerprint density at radius 1 is 1.26 bits per heavy atom. The summed E-state index contributed by atoms with van der Waals surface area (Å²) < 4.78 is 1.25. The van der Waals surface area contributed by atoms with Crippen LogP contribution in [0.5, 0.6) is 0 Å². The van der Waals surface area contributed by atoms with E-state index < -0.39 is 0 Å². The van der Waals surface area contributed by atoms with Gasteiger partial charge in [0.1, 0.15) is 0 Å². The number of nitrogens with zero attached hydrogens (tertiary/aromatic N) is 1. The van der Waals surface area contributed by atoms with Gasteiger partial charge >= 0.3 is 0 Å². The van der Waals surface area contributed by atoms with Crippen LogP contribution in [0.15, 0.2) is 22.7 Å². The first-order chi connectivity index (χ1) is 8.22. The van der Waals surface area contributed by atoms with Crippen molar-refractivity contribution >= 4 is 40.7 Å². The van der Waals surface area contributed by atoms with Gasteiger partial charge in [-0.1, -0.05) is 35.0 Å². The second-order valence-electron chi connectivity index (χ2n) is 4.73. The summed E-state index contributed by atoms with van der Waals surface area (Å²) >= 11 is 3.71. The Morgan fingerprint density at radius 3 is 2.42 bits per heavy atom. The van der Waals surface area contributed by atoms with Gasteiger partial charge in [-0.2, -0.15) is 0 Å². The van der Waals surface area contributed by atoms with Crippen molar-refractivity contribution in [3.05, 3.63) is 33.8 Å². The van der Waals surface area contributed by atoms with E-state index in [1.807, 2.05) is 0 Å². The molecule has 1 aromatic carbocycles. The minimum Gasteiger partial charge on any atom is -0.314 e. The maximum Gasteiger partial charge on any atom is 0.0357 e. The number of rotatable bonds is 3. The molecule has 1 atom stereocenters. The first-order valence-electron chi connectivity index (χ1n) is 6.43. The Morgan fingerprint density at radius 2 is 1.89 bits per heavy atom. The molecule has 0 bridgehead atoms. The number of hydrogen-bond donors (Lipinski definition) is 1. The summed E-state index contributed by atoms with van der Waals surface area (Å²) in [6.45, 7) is 8.94. The zero-order chi connectivity index (χ0) is 12.3. The Hall–Kier alpha value is 0.200. The van der Waals surface area contributed by atoms with Gasteiger partial charge in [-0.15, -0.1) is 24.8 Å². The van der Waals surface area contributed by atoms with Crippen molar-refractivity contribution < 1.29 is 0 Å². The smallest absolute Gasteiger partial charge is 0.0357 e. The molecular weight excluding hydrogens is 347 g/mol. The molecule has 5 heteroatoms. The lowest BCUT2D eigenvalue weighted by Gasteiger charge is -2.35. The van der Waals surface area contributed by atoms with Crippen LogP contribution in [0, 0.1) is 6.92 Å². The third-order valence-electron chi connectivity index (χ3n) is 3.49. The number of aryl methyl sites for hydroxylation is 1. The molecule has 0 aromatic heterocycles. The molecule has 1 heterocycles. The number of nitrogens with one attached hydrogen (secondary N) is 1. The number of piperazine rings is 1.